The summed E-state index contributed by atoms with van der Waals surface area (Å²) in [4.78, 5) is 14.9. The van der Waals surface area contributed by atoms with Crippen LogP contribution in [-0.4, -0.2) is 48.4 Å². The summed E-state index contributed by atoms with van der Waals surface area (Å²) in [7, 11) is 0. The number of ether oxygens (including phenoxy) is 1. The van der Waals surface area contributed by atoms with Gasteiger partial charge in [-0.2, -0.15) is 0 Å². The van der Waals surface area contributed by atoms with E-state index in [1.54, 1.807) is 6.07 Å². The number of anilines is 3. The number of morpholine rings is 1. The highest BCUT2D eigenvalue weighted by Gasteiger charge is 2.17. The van der Waals surface area contributed by atoms with Gasteiger partial charge >= 0.3 is 0 Å². The highest BCUT2D eigenvalue weighted by molar-refractivity contribution is 6.04. The lowest BCUT2D eigenvalue weighted by atomic mass is 10.1. The number of aromatic nitrogens is 2. The van der Waals surface area contributed by atoms with Crippen molar-refractivity contribution in [3.63, 3.8) is 0 Å². The first kappa shape index (κ1) is 19.6. The first-order chi connectivity index (χ1) is 14.3. The zero-order valence-corrected chi connectivity index (χ0v) is 16.8. The van der Waals surface area contributed by atoms with E-state index in [-0.39, 0.29) is 5.91 Å². The van der Waals surface area contributed by atoms with E-state index in [2.05, 4.69) is 25.7 Å². The molecule has 0 unspecified atom stereocenters. The van der Waals surface area contributed by atoms with E-state index < -0.39 is 0 Å². The van der Waals surface area contributed by atoms with Crippen LogP contribution in [-0.2, 0) is 4.74 Å². The molecule has 29 heavy (non-hydrogen) atoms. The summed E-state index contributed by atoms with van der Waals surface area (Å²) in [5.74, 6) is 0.487. The molecule has 0 radical (unpaired) electrons. The van der Waals surface area contributed by atoms with Crippen LogP contribution in [0.1, 0.15) is 49.0 Å². The van der Waals surface area contributed by atoms with Gasteiger partial charge in [-0.1, -0.05) is 37.8 Å². The molecule has 1 aromatic carbocycles. The molecule has 1 amide bonds. The maximum Gasteiger partial charge on any atom is 0.276 e. The lowest BCUT2D eigenvalue weighted by Gasteiger charge is -2.30. The average molecular weight is 396 g/mol. The number of carbonyl (C=O) groups is 1. The van der Waals surface area contributed by atoms with Crippen molar-refractivity contribution in [3.05, 3.63) is 42.1 Å². The molecule has 2 fully saturated rings. The number of amides is 1. The van der Waals surface area contributed by atoms with Crippen LogP contribution >= 0.6 is 0 Å². The van der Waals surface area contributed by atoms with Crippen molar-refractivity contribution in [3.8, 4) is 0 Å². The van der Waals surface area contributed by atoms with Crippen LogP contribution in [0.5, 0.6) is 0 Å². The number of para-hydroxylation sites is 2. The molecule has 0 atom stereocenters. The molecule has 1 saturated carbocycles. The average Bonchev–Trinajstić information content (AvgIpc) is 3.04. The largest absolute Gasteiger partial charge is 0.378 e. The number of hydrogen-bond donors (Lipinski definition) is 2. The first-order valence-corrected chi connectivity index (χ1v) is 10.6. The molecule has 1 aliphatic carbocycles. The van der Waals surface area contributed by atoms with Gasteiger partial charge in [0.2, 0.25) is 0 Å². The third-order valence-corrected chi connectivity index (χ3v) is 5.61. The highest BCUT2D eigenvalue weighted by atomic mass is 16.5. The molecular weight excluding hydrogens is 366 g/mol. The number of benzene rings is 1. The molecular formula is C22H29N5O2. The Balaban J connectivity index is 1.40. The summed E-state index contributed by atoms with van der Waals surface area (Å²) in [5.41, 5.74) is 2.10. The van der Waals surface area contributed by atoms with E-state index in [4.69, 9.17) is 4.74 Å². The summed E-state index contributed by atoms with van der Waals surface area (Å²) < 4.78 is 5.43. The van der Waals surface area contributed by atoms with Crippen molar-refractivity contribution in [1.82, 2.24) is 10.2 Å². The monoisotopic (exact) mass is 395 g/mol. The summed E-state index contributed by atoms with van der Waals surface area (Å²) in [6.07, 6.45) is 7.48. The minimum Gasteiger partial charge on any atom is -0.378 e. The third kappa shape index (κ3) is 5.23. The van der Waals surface area contributed by atoms with Crippen LogP contribution in [0.3, 0.4) is 0 Å². The Hall–Kier alpha value is -2.67. The number of rotatable bonds is 5. The van der Waals surface area contributed by atoms with Crippen LogP contribution in [0.4, 0.5) is 17.2 Å². The normalized spacial score (nSPS) is 18.1. The Morgan fingerprint density at radius 1 is 0.966 bits per heavy atom. The third-order valence-electron chi connectivity index (χ3n) is 5.61. The fraction of sp³-hybridized carbons (Fsp3) is 0.500. The number of hydrogen-bond acceptors (Lipinski definition) is 6. The molecule has 2 aromatic rings. The summed E-state index contributed by atoms with van der Waals surface area (Å²) in [6.45, 7) is 3.02. The van der Waals surface area contributed by atoms with Gasteiger partial charge in [-0.05, 0) is 37.1 Å². The molecule has 1 aromatic heterocycles. The predicted octanol–water partition coefficient (Wildman–Crippen LogP) is 3.70. The first-order valence-electron chi connectivity index (χ1n) is 10.6. The molecule has 2 N–H and O–H groups in total. The molecule has 7 nitrogen and oxygen atoms in total. The number of nitrogens with one attached hydrogen (secondary N) is 2. The van der Waals surface area contributed by atoms with Crippen molar-refractivity contribution < 1.29 is 9.53 Å². The molecule has 1 saturated heterocycles. The van der Waals surface area contributed by atoms with Crippen molar-refractivity contribution in [2.75, 3.05) is 41.8 Å². The van der Waals surface area contributed by atoms with Crippen LogP contribution < -0.4 is 15.5 Å². The lowest BCUT2D eigenvalue weighted by Crippen LogP contribution is -2.36. The van der Waals surface area contributed by atoms with Gasteiger partial charge in [0, 0.05) is 19.1 Å². The van der Waals surface area contributed by atoms with Gasteiger partial charge in [-0.3, -0.25) is 4.79 Å². The second-order valence-corrected chi connectivity index (χ2v) is 7.71. The second-order valence-electron chi connectivity index (χ2n) is 7.71. The topological polar surface area (TPSA) is 79.4 Å². The Morgan fingerprint density at radius 2 is 1.72 bits per heavy atom. The fourth-order valence-corrected chi connectivity index (χ4v) is 4.01. The Bertz CT molecular complexity index is 797. The Labute approximate surface area is 171 Å². The molecule has 0 bridgehead atoms. The van der Waals surface area contributed by atoms with Gasteiger partial charge in [-0.15, -0.1) is 10.2 Å². The molecule has 154 valence electrons. The number of carbonyl (C=O) groups excluding carboxylic acids is 1. The van der Waals surface area contributed by atoms with Gasteiger partial charge in [-0.25, -0.2) is 0 Å². The zero-order chi connectivity index (χ0) is 19.9. The van der Waals surface area contributed by atoms with Crippen LogP contribution in [0.15, 0.2) is 36.4 Å². The molecule has 2 heterocycles. The molecule has 0 spiro atoms. The Kier molecular flexibility index (Phi) is 6.56. The van der Waals surface area contributed by atoms with Gasteiger partial charge < -0.3 is 20.3 Å². The van der Waals surface area contributed by atoms with Gasteiger partial charge in [0.05, 0.1) is 24.6 Å². The SMILES string of the molecule is O=C(Nc1ccccc1N1CCOCC1)c1ccc(NC2CCCCCC2)nn1. The second kappa shape index (κ2) is 9.69. The van der Waals surface area contributed by atoms with E-state index in [9.17, 15) is 4.79 Å². The summed E-state index contributed by atoms with van der Waals surface area (Å²) >= 11 is 0. The molecule has 2 aliphatic rings. The van der Waals surface area contributed by atoms with E-state index in [1.807, 2.05) is 30.3 Å². The van der Waals surface area contributed by atoms with Gasteiger partial charge in [0.25, 0.3) is 5.91 Å². The van der Waals surface area contributed by atoms with E-state index in [0.29, 0.717) is 24.9 Å². The molecule has 1 aliphatic heterocycles. The lowest BCUT2D eigenvalue weighted by molar-refractivity contribution is 0.102. The van der Waals surface area contributed by atoms with E-state index in [1.165, 1.54) is 38.5 Å². The van der Waals surface area contributed by atoms with Crippen molar-refractivity contribution >= 4 is 23.1 Å². The van der Waals surface area contributed by atoms with Crippen molar-refractivity contribution in [2.24, 2.45) is 0 Å². The minimum atomic E-state index is -0.251. The maximum absolute atomic E-state index is 12.7. The highest BCUT2D eigenvalue weighted by Crippen LogP contribution is 2.27. The number of nitrogens with zero attached hydrogens (tertiary/aromatic N) is 3. The fourth-order valence-electron chi connectivity index (χ4n) is 4.01. The summed E-state index contributed by atoms with van der Waals surface area (Å²) in [5, 5.41) is 14.8. The molecule has 7 heteroatoms. The summed E-state index contributed by atoms with van der Waals surface area (Å²) in [6, 6.07) is 11.9. The van der Waals surface area contributed by atoms with E-state index in [0.717, 1.165) is 30.3 Å². The predicted molar refractivity (Wildman–Crippen MR) is 115 cm³/mol. The molecule has 4 rings (SSSR count). The quantitative estimate of drug-likeness (QED) is 0.752. The minimum absolute atomic E-state index is 0.251. The van der Waals surface area contributed by atoms with Gasteiger partial charge in [0.1, 0.15) is 5.82 Å². The van der Waals surface area contributed by atoms with Crippen LogP contribution in [0.25, 0.3) is 0 Å². The van der Waals surface area contributed by atoms with Crippen molar-refractivity contribution in [2.45, 2.75) is 44.6 Å². The van der Waals surface area contributed by atoms with Crippen molar-refractivity contribution in [1.29, 1.82) is 0 Å². The van der Waals surface area contributed by atoms with Gasteiger partial charge in [0.15, 0.2) is 5.69 Å². The van der Waals surface area contributed by atoms with Crippen LogP contribution in [0.2, 0.25) is 0 Å². The van der Waals surface area contributed by atoms with Crippen LogP contribution in [0, 0.1) is 0 Å². The standard InChI is InChI=1S/C22H29N5O2/c28-22(24-18-9-5-6-10-20(18)27-13-15-29-16-14-27)19-11-12-21(26-25-19)23-17-7-3-1-2-4-8-17/h5-6,9-12,17H,1-4,7-8,13-16H2,(H,23,26)(H,24,28). The maximum atomic E-state index is 12.7. The zero-order valence-electron chi connectivity index (χ0n) is 16.8. The Morgan fingerprint density at radius 3 is 2.45 bits per heavy atom. The van der Waals surface area contributed by atoms with E-state index >= 15 is 0 Å². The smallest absolute Gasteiger partial charge is 0.276 e.